The first-order chi connectivity index (χ1) is 6.90. The van der Waals surface area contributed by atoms with Gasteiger partial charge in [0.1, 0.15) is 0 Å². The Labute approximate surface area is 90.6 Å². The highest BCUT2D eigenvalue weighted by Gasteiger charge is 2.02. The Hall–Kier alpha value is -0.620. The lowest BCUT2D eigenvalue weighted by molar-refractivity contribution is 0.114. The summed E-state index contributed by atoms with van der Waals surface area (Å²) in [6.45, 7) is 2.59. The van der Waals surface area contributed by atoms with Crippen molar-refractivity contribution in [2.24, 2.45) is 0 Å². The molecule has 0 aliphatic rings. The lowest BCUT2D eigenvalue weighted by Crippen LogP contribution is -2.03. The van der Waals surface area contributed by atoms with E-state index in [-0.39, 0.29) is 0 Å². The van der Waals surface area contributed by atoms with Crippen LogP contribution in [-0.2, 0) is 4.84 Å². The summed E-state index contributed by atoms with van der Waals surface area (Å²) in [5.74, 6) is 0. The number of nitrogens with zero attached hydrogens (tertiary/aromatic N) is 1. The maximum Gasteiger partial charge on any atom is 0.168 e. The number of thiazole rings is 1. The largest absolute Gasteiger partial charge is 0.291 e. The van der Waals surface area contributed by atoms with E-state index < -0.39 is 0 Å². The van der Waals surface area contributed by atoms with Crippen LogP contribution in [-0.4, -0.2) is 11.6 Å². The van der Waals surface area contributed by atoms with Gasteiger partial charge in [-0.2, -0.15) is 0 Å². The summed E-state index contributed by atoms with van der Waals surface area (Å²) in [5, 5.41) is 0. The molecule has 0 spiro atoms. The van der Waals surface area contributed by atoms with Crippen LogP contribution in [0.1, 0.15) is 6.92 Å². The summed E-state index contributed by atoms with van der Waals surface area (Å²) < 4.78 is 2.17. The third kappa shape index (κ3) is 2.24. The van der Waals surface area contributed by atoms with Gasteiger partial charge in [-0.05, 0) is 19.1 Å². The van der Waals surface area contributed by atoms with Crippen LogP contribution in [0.15, 0.2) is 28.6 Å². The summed E-state index contributed by atoms with van der Waals surface area (Å²) >= 11 is 3.06. The van der Waals surface area contributed by atoms with E-state index in [1.54, 1.807) is 11.3 Å². The molecule has 0 amide bonds. The quantitative estimate of drug-likeness (QED) is 0.494. The molecule has 0 aliphatic heterocycles. The fourth-order valence-corrected chi connectivity index (χ4v) is 2.65. The van der Waals surface area contributed by atoms with E-state index >= 15 is 0 Å². The minimum absolute atomic E-state index is 0.651. The van der Waals surface area contributed by atoms with Gasteiger partial charge in [-0.3, -0.25) is 4.84 Å². The smallest absolute Gasteiger partial charge is 0.168 e. The van der Waals surface area contributed by atoms with Gasteiger partial charge in [0.25, 0.3) is 0 Å². The predicted molar refractivity (Wildman–Crippen MR) is 60.2 cm³/mol. The standard InChI is InChI=1S/C9H10N2OS2/c1-2-12-11-14-9-10-7-5-3-4-6-8(7)13-9/h3-6,11H,2H2,1H3. The lowest BCUT2D eigenvalue weighted by atomic mass is 10.3. The second kappa shape index (κ2) is 4.75. The minimum atomic E-state index is 0.651. The second-order valence-electron chi connectivity index (χ2n) is 2.57. The van der Waals surface area contributed by atoms with Gasteiger partial charge in [0.2, 0.25) is 0 Å². The first-order valence-corrected chi connectivity index (χ1v) is 5.92. The van der Waals surface area contributed by atoms with Gasteiger partial charge in [-0.25, -0.2) is 4.98 Å². The average Bonchev–Trinajstić information content (AvgIpc) is 2.60. The van der Waals surface area contributed by atoms with Crippen molar-refractivity contribution >= 4 is 33.5 Å². The maximum absolute atomic E-state index is 5.01. The molecular formula is C9H10N2OS2. The number of rotatable bonds is 4. The molecule has 0 radical (unpaired) electrons. The molecule has 3 nitrogen and oxygen atoms in total. The van der Waals surface area contributed by atoms with Crippen molar-refractivity contribution in [3.63, 3.8) is 0 Å². The Morgan fingerprint density at radius 1 is 1.50 bits per heavy atom. The Morgan fingerprint density at radius 3 is 3.14 bits per heavy atom. The normalized spacial score (nSPS) is 10.9. The summed E-state index contributed by atoms with van der Waals surface area (Å²) in [5.41, 5.74) is 1.04. The van der Waals surface area contributed by atoms with Gasteiger partial charge < -0.3 is 0 Å². The van der Waals surface area contributed by atoms with Crippen LogP contribution >= 0.6 is 23.3 Å². The van der Waals surface area contributed by atoms with Gasteiger partial charge in [-0.15, -0.1) is 16.2 Å². The summed E-state index contributed by atoms with van der Waals surface area (Å²) in [6.07, 6.45) is 0. The van der Waals surface area contributed by atoms with E-state index in [0.717, 1.165) is 9.86 Å². The number of fused-ring (bicyclic) bond motifs is 1. The summed E-state index contributed by atoms with van der Waals surface area (Å²) in [7, 11) is 0. The Bertz CT molecular complexity index is 383. The third-order valence-corrected chi connectivity index (χ3v) is 3.40. The Balaban J connectivity index is 2.11. The molecule has 0 unspecified atom stereocenters. The second-order valence-corrected chi connectivity index (χ2v) is 4.61. The molecule has 5 heteroatoms. The van der Waals surface area contributed by atoms with Gasteiger partial charge in [-0.1, -0.05) is 12.1 Å². The molecule has 0 atom stereocenters. The molecule has 1 aromatic carbocycles. The SMILES string of the molecule is CCONSc1nc2ccccc2s1. The molecule has 1 N–H and O–H groups in total. The number of hydrogen-bond acceptors (Lipinski definition) is 5. The van der Waals surface area contributed by atoms with Gasteiger partial charge in [0.15, 0.2) is 4.34 Å². The summed E-state index contributed by atoms with van der Waals surface area (Å²) in [4.78, 5) is 12.2. The first kappa shape index (κ1) is 9.92. The van der Waals surface area contributed by atoms with Crippen molar-refractivity contribution < 1.29 is 4.84 Å². The highest BCUT2D eigenvalue weighted by atomic mass is 32.2. The number of aromatic nitrogens is 1. The van der Waals surface area contributed by atoms with Crippen molar-refractivity contribution in [3.8, 4) is 0 Å². The van der Waals surface area contributed by atoms with Crippen LogP contribution in [0, 0.1) is 0 Å². The van der Waals surface area contributed by atoms with Crippen LogP contribution in [0.5, 0.6) is 0 Å². The van der Waals surface area contributed by atoms with Crippen LogP contribution in [0.3, 0.4) is 0 Å². The van der Waals surface area contributed by atoms with Crippen molar-refractivity contribution in [1.82, 2.24) is 9.87 Å². The molecule has 0 saturated carbocycles. The zero-order valence-corrected chi connectivity index (χ0v) is 9.32. The zero-order valence-electron chi connectivity index (χ0n) is 7.69. The van der Waals surface area contributed by atoms with Gasteiger partial charge >= 0.3 is 0 Å². The van der Waals surface area contributed by atoms with Crippen LogP contribution < -0.4 is 4.89 Å². The third-order valence-electron chi connectivity index (χ3n) is 1.61. The first-order valence-electron chi connectivity index (χ1n) is 4.29. The molecule has 0 fully saturated rings. The molecule has 2 rings (SSSR count). The van der Waals surface area contributed by atoms with E-state index in [1.807, 2.05) is 25.1 Å². The lowest BCUT2D eigenvalue weighted by Gasteiger charge is -1.97. The van der Waals surface area contributed by atoms with Crippen molar-refractivity contribution in [1.29, 1.82) is 0 Å². The topological polar surface area (TPSA) is 34.1 Å². The highest BCUT2D eigenvalue weighted by Crippen LogP contribution is 2.27. The molecule has 2 aromatic rings. The molecule has 1 heterocycles. The Kier molecular flexibility index (Phi) is 3.36. The minimum Gasteiger partial charge on any atom is -0.291 e. The van der Waals surface area contributed by atoms with Gasteiger partial charge in [0, 0.05) is 11.9 Å². The van der Waals surface area contributed by atoms with E-state index in [9.17, 15) is 0 Å². The van der Waals surface area contributed by atoms with Crippen LogP contribution in [0.25, 0.3) is 10.2 Å². The van der Waals surface area contributed by atoms with Crippen molar-refractivity contribution in [3.05, 3.63) is 24.3 Å². The molecule has 0 saturated heterocycles. The van der Waals surface area contributed by atoms with E-state index in [2.05, 4.69) is 15.9 Å². The van der Waals surface area contributed by atoms with E-state index in [0.29, 0.717) is 6.61 Å². The molecular weight excluding hydrogens is 216 g/mol. The monoisotopic (exact) mass is 226 g/mol. The zero-order chi connectivity index (χ0) is 9.80. The number of benzene rings is 1. The number of nitrogens with one attached hydrogen (secondary N) is 1. The molecule has 74 valence electrons. The fourth-order valence-electron chi connectivity index (χ4n) is 1.02. The van der Waals surface area contributed by atoms with Crippen molar-refractivity contribution in [2.75, 3.05) is 6.61 Å². The maximum atomic E-state index is 5.01. The van der Waals surface area contributed by atoms with Gasteiger partial charge in [0.05, 0.1) is 16.8 Å². The van der Waals surface area contributed by atoms with Crippen molar-refractivity contribution in [2.45, 2.75) is 11.3 Å². The van der Waals surface area contributed by atoms with E-state index in [4.69, 9.17) is 4.84 Å². The molecule has 1 aromatic heterocycles. The number of hydrogen-bond donors (Lipinski definition) is 1. The molecule has 0 aliphatic carbocycles. The fraction of sp³-hybridized carbons (Fsp3) is 0.222. The Morgan fingerprint density at radius 2 is 2.36 bits per heavy atom. The average molecular weight is 226 g/mol. The van der Waals surface area contributed by atoms with Crippen LogP contribution in [0.4, 0.5) is 0 Å². The molecule has 0 bridgehead atoms. The predicted octanol–water partition coefficient (Wildman–Crippen LogP) is 2.84. The summed E-state index contributed by atoms with van der Waals surface area (Å²) in [6, 6.07) is 8.09. The molecule has 14 heavy (non-hydrogen) atoms. The highest BCUT2D eigenvalue weighted by molar-refractivity contribution is 7.99. The van der Waals surface area contributed by atoms with Crippen LogP contribution in [0.2, 0.25) is 0 Å². The number of para-hydroxylation sites is 1. The van der Waals surface area contributed by atoms with E-state index in [1.165, 1.54) is 16.6 Å².